The van der Waals surface area contributed by atoms with E-state index < -0.39 is 5.97 Å². The molecule has 1 fully saturated rings. The van der Waals surface area contributed by atoms with Gasteiger partial charge in [-0.15, -0.1) is 0 Å². The lowest BCUT2D eigenvalue weighted by Gasteiger charge is -2.05. The second-order valence-corrected chi connectivity index (χ2v) is 5.72. The number of benzene rings is 1. The maximum absolute atomic E-state index is 12.0. The molecule has 0 aromatic heterocycles. The normalized spacial score (nSPS) is 19.5. The Bertz CT molecular complexity index is 512. The van der Waals surface area contributed by atoms with E-state index in [9.17, 15) is 9.59 Å². The summed E-state index contributed by atoms with van der Waals surface area (Å²) in [5, 5.41) is 11.5. The van der Waals surface area contributed by atoms with Gasteiger partial charge in [-0.05, 0) is 42.9 Å². The number of amides is 1. The number of carbonyl (C=O) groups is 2. The topological polar surface area (TPSA) is 75.6 Å². The van der Waals surface area contributed by atoms with Gasteiger partial charge < -0.3 is 15.2 Å². The van der Waals surface area contributed by atoms with Gasteiger partial charge in [0.15, 0.2) is 0 Å². The van der Waals surface area contributed by atoms with E-state index in [0.29, 0.717) is 18.9 Å². The molecule has 0 aliphatic heterocycles. The lowest BCUT2D eigenvalue weighted by atomic mass is 10.1. The zero-order valence-electron chi connectivity index (χ0n) is 12.9. The Labute approximate surface area is 130 Å². The van der Waals surface area contributed by atoms with Crippen LogP contribution in [0.25, 0.3) is 0 Å². The third kappa shape index (κ3) is 4.76. The molecule has 0 bridgehead atoms. The van der Waals surface area contributed by atoms with Crippen molar-refractivity contribution in [1.82, 2.24) is 5.32 Å². The number of carboxylic acid groups (broad SMARTS) is 1. The fraction of sp³-hybridized carbons (Fsp3) is 0.529. The first kappa shape index (κ1) is 16.3. The molecule has 0 spiro atoms. The van der Waals surface area contributed by atoms with Crippen LogP contribution in [0.2, 0.25) is 0 Å². The Hall–Kier alpha value is -2.04. The molecule has 1 aromatic rings. The van der Waals surface area contributed by atoms with Crippen molar-refractivity contribution in [2.75, 3.05) is 13.7 Å². The lowest BCUT2D eigenvalue weighted by Crippen LogP contribution is -2.26. The monoisotopic (exact) mass is 305 g/mol. The van der Waals surface area contributed by atoms with Crippen LogP contribution < -0.4 is 10.1 Å². The average Bonchev–Trinajstić information content (AvgIpc) is 3.31. The van der Waals surface area contributed by atoms with E-state index in [1.165, 1.54) is 5.56 Å². The van der Waals surface area contributed by atoms with E-state index in [2.05, 4.69) is 5.32 Å². The molecule has 2 unspecified atom stereocenters. The highest BCUT2D eigenvalue weighted by Gasteiger charge is 2.43. The fourth-order valence-electron chi connectivity index (χ4n) is 2.62. The van der Waals surface area contributed by atoms with Gasteiger partial charge in [0.2, 0.25) is 5.91 Å². The first-order chi connectivity index (χ1) is 10.6. The van der Waals surface area contributed by atoms with Crippen LogP contribution in [-0.4, -0.2) is 30.6 Å². The number of ether oxygens (including phenoxy) is 1. The number of hydrogen-bond donors (Lipinski definition) is 2. The summed E-state index contributed by atoms with van der Waals surface area (Å²) in [6.07, 6.45) is 3.44. The second kappa shape index (κ2) is 7.82. The van der Waals surface area contributed by atoms with Gasteiger partial charge in [0.25, 0.3) is 0 Å². The molecular weight excluding hydrogens is 282 g/mol. The van der Waals surface area contributed by atoms with Crippen molar-refractivity contribution in [2.24, 2.45) is 5.92 Å². The number of hydrogen-bond acceptors (Lipinski definition) is 3. The van der Waals surface area contributed by atoms with E-state index in [1.54, 1.807) is 7.11 Å². The molecule has 1 amide bonds. The Morgan fingerprint density at radius 3 is 2.59 bits per heavy atom. The van der Waals surface area contributed by atoms with Crippen LogP contribution in [0.15, 0.2) is 24.3 Å². The summed E-state index contributed by atoms with van der Waals surface area (Å²) < 4.78 is 5.13. The highest BCUT2D eigenvalue weighted by atomic mass is 16.5. The van der Waals surface area contributed by atoms with Crippen molar-refractivity contribution in [2.45, 2.75) is 38.0 Å². The van der Waals surface area contributed by atoms with Crippen molar-refractivity contribution in [1.29, 1.82) is 0 Å². The molecule has 2 rings (SSSR count). The van der Waals surface area contributed by atoms with Crippen LogP contribution in [0.4, 0.5) is 0 Å². The van der Waals surface area contributed by atoms with Gasteiger partial charge in [-0.25, -0.2) is 0 Å². The Morgan fingerprint density at radius 1 is 1.23 bits per heavy atom. The van der Waals surface area contributed by atoms with Crippen LogP contribution in [0, 0.1) is 5.92 Å². The van der Waals surface area contributed by atoms with Crippen molar-refractivity contribution in [3.05, 3.63) is 29.8 Å². The van der Waals surface area contributed by atoms with Crippen molar-refractivity contribution >= 4 is 11.9 Å². The number of unbranched alkanes of at least 4 members (excludes halogenated alkanes) is 2. The van der Waals surface area contributed by atoms with Crippen LogP contribution in [0.5, 0.6) is 5.75 Å². The van der Waals surface area contributed by atoms with Gasteiger partial charge in [-0.3, -0.25) is 9.59 Å². The van der Waals surface area contributed by atoms with Gasteiger partial charge in [-0.1, -0.05) is 18.6 Å². The molecule has 120 valence electrons. The molecule has 5 nitrogen and oxygen atoms in total. The second-order valence-electron chi connectivity index (χ2n) is 5.72. The molecule has 1 saturated carbocycles. The van der Waals surface area contributed by atoms with Gasteiger partial charge in [0.05, 0.1) is 7.11 Å². The number of carbonyl (C=O) groups excluding carboxylic acids is 1. The molecule has 1 aliphatic rings. The van der Waals surface area contributed by atoms with E-state index >= 15 is 0 Å². The predicted molar refractivity (Wildman–Crippen MR) is 83.0 cm³/mol. The van der Waals surface area contributed by atoms with Gasteiger partial charge >= 0.3 is 5.97 Å². The Balaban J connectivity index is 1.64. The van der Waals surface area contributed by atoms with E-state index in [4.69, 9.17) is 9.84 Å². The van der Waals surface area contributed by atoms with Crippen LogP contribution >= 0.6 is 0 Å². The van der Waals surface area contributed by atoms with Crippen molar-refractivity contribution < 1.29 is 19.4 Å². The molecule has 2 N–H and O–H groups in total. The Kier molecular flexibility index (Phi) is 5.81. The van der Waals surface area contributed by atoms with Crippen LogP contribution in [-0.2, 0) is 9.59 Å². The molecule has 5 heteroatoms. The Morgan fingerprint density at radius 2 is 1.95 bits per heavy atom. The summed E-state index contributed by atoms with van der Waals surface area (Å²) in [5.74, 6) is 0.570. The number of carboxylic acids is 1. The molecule has 0 radical (unpaired) electrons. The molecule has 0 saturated heterocycles. The summed E-state index contributed by atoms with van der Waals surface area (Å²) in [6, 6.07) is 7.88. The van der Waals surface area contributed by atoms with Gasteiger partial charge in [0.1, 0.15) is 5.75 Å². The predicted octanol–water partition coefficient (Wildman–Crippen LogP) is 2.56. The SMILES string of the molecule is COc1ccc(C2CC2C(=O)NCCCCCC(=O)O)cc1. The zero-order chi connectivity index (χ0) is 15.9. The van der Waals surface area contributed by atoms with E-state index in [1.807, 2.05) is 24.3 Å². The van der Waals surface area contributed by atoms with Crippen molar-refractivity contribution in [3.8, 4) is 5.75 Å². The van der Waals surface area contributed by atoms with Crippen LogP contribution in [0.1, 0.15) is 43.6 Å². The maximum atomic E-state index is 12.0. The highest BCUT2D eigenvalue weighted by Crippen LogP contribution is 2.47. The number of nitrogens with one attached hydrogen (secondary N) is 1. The lowest BCUT2D eigenvalue weighted by molar-refractivity contribution is -0.137. The highest BCUT2D eigenvalue weighted by molar-refractivity contribution is 5.82. The largest absolute Gasteiger partial charge is 0.497 e. The molecule has 1 aromatic carbocycles. The van der Waals surface area contributed by atoms with Crippen molar-refractivity contribution in [3.63, 3.8) is 0 Å². The molecule has 2 atom stereocenters. The number of methoxy groups -OCH3 is 1. The minimum atomic E-state index is -0.760. The standard InChI is InChI=1S/C17H23NO4/c1-22-13-8-6-12(7-9-13)14-11-15(14)17(21)18-10-4-2-3-5-16(19)20/h6-9,14-15H,2-5,10-11H2,1H3,(H,18,21)(H,19,20). The number of rotatable bonds is 9. The zero-order valence-corrected chi connectivity index (χ0v) is 12.9. The fourth-order valence-corrected chi connectivity index (χ4v) is 2.62. The van der Waals surface area contributed by atoms with E-state index in [-0.39, 0.29) is 18.2 Å². The maximum Gasteiger partial charge on any atom is 0.303 e. The molecular formula is C17H23NO4. The smallest absolute Gasteiger partial charge is 0.303 e. The number of aliphatic carboxylic acids is 1. The average molecular weight is 305 g/mol. The minimum Gasteiger partial charge on any atom is -0.497 e. The molecule has 22 heavy (non-hydrogen) atoms. The van der Waals surface area contributed by atoms with E-state index in [0.717, 1.165) is 25.0 Å². The van der Waals surface area contributed by atoms with Gasteiger partial charge in [0, 0.05) is 18.9 Å². The van der Waals surface area contributed by atoms with Gasteiger partial charge in [-0.2, -0.15) is 0 Å². The first-order valence-electron chi connectivity index (χ1n) is 7.75. The summed E-state index contributed by atoms with van der Waals surface area (Å²) >= 11 is 0. The molecule has 1 aliphatic carbocycles. The minimum absolute atomic E-state index is 0.0763. The van der Waals surface area contributed by atoms with Crippen LogP contribution in [0.3, 0.4) is 0 Å². The third-order valence-corrected chi connectivity index (χ3v) is 4.04. The third-order valence-electron chi connectivity index (χ3n) is 4.04. The summed E-state index contributed by atoms with van der Waals surface area (Å²) in [4.78, 5) is 22.4. The summed E-state index contributed by atoms with van der Waals surface area (Å²) in [6.45, 7) is 0.629. The summed E-state index contributed by atoms with van der Waals surface area (Å²) in [7, 11) is 1.64. The quantitative estimate of drug-likeness (QED) is 0.688. The summed E-state index contributed by atoms with van der Waals surface area (Å²) in [5.41, 5.74) is 1.18. The first-order valence-corrected chi connectivity index (χ1v) is 7.75. The molecule has 0 heterocycles.